The Bertz CT molecular complexity index is 859. The zero-order valence-electron chi connectivity index (χ0n) is 15.4. The molecule has 0 aliphatic heterocycles. The molecule has 0 amide bonds. The van der Waals surface area contributed by atoms with E-state index < -0.39 is 10.0 Å². The van der Waals surface area contributed by atoms with E-state index in [9.17, 15) is 8.42 Å². The molecule has 2 aromatic rings. The first-order chi connectivity index (χ1) is 12.2. The van der Waals surface area contributed by atoms with Crippen LogP contribution in [0.15, 0.2) is 53.5 Å². The van der Waals surface area contributed by atoms with Crippen LogP contribution in [0.3, 0.4) is 0 Å². The molecule has 0 bridgehead atoms. The summed E-state index contributed by atoms with van der Waals surface area (Å²) < 4.78 is 27.0. The lowest BCUT2D eigenvalue weighted by Gasteiger charge is -2.12. The highest BCUT2D eigenvalue weighted by molar-refractivity contribution is 7.88. The molecule has 0 aliphatic rings. The fourth-order valence-electron chi connectivity index (χ4n) is 2.45. The maximum absolute atomic E-state index is 12.2. The molecule has 0 saturated heterocycles. The minimum Gasteiger partial charge on any atom is -0.370 e. The first kappa shape index (κ1) is 19.9. The summed E-state index contributed by atoms with van der Waals surface area (Å²) in [5, 5.41) is 3.03. The zero-order valence-corrected chi connectivity index (χ0v) is 16.2. The summed E-state index contributed by atoms with van der Waals surface area (Å²) in [6.45, 7) is 5.91. The molecule has 2 aromatic carbocycles. The first-order valence-electron chi connectivity index (χ1n) is 8.45. The third kappa shape index (κ3) is 6.50. The monoisotopic (exact) mass is 374 g/mol. The second kappa shape index (κ2) is 8.82. The van der Waals surface area contributed by atoms with Crippen LogP contribution < -0.4 is 15.8 Å². The summed E-state index contributed by atoms with van der Waals surface area (Å²) in [5.74, 6) is 0.203. The Hall–Kier alpha value is -2.38. The van der Waals surface area contributed by atoms with Crippen LogP contribution in [0, 0.1) is 6.92 Å². The van der Waals surface area contributed by atoms with Gasteiger partial charge in [-0.1, -0.05) is 42.0 Å². The fraction of sp³-hybridized carbons (Fsp3) is 0.316. The number of nitrogens with one attached hydrogen (secondary N) is 2. The smallest absolute Gasteiger partial charge is 0.216 e. The predicted molar refractivity (Wildman–Crippen MR) is 107 cm³/mol. The minimum absolute atomic E-state index is 0.0812. The number of guanidine groups is 1. The van der Waals surface area contributed by atoms with E-state index in [0.29, 0.717) is 12.1 Å². The third-order valence-corrected chi connectivity index (χ3v) is 5.14. The van der Waals surface area contributed by atoms with Crippen molar-refractivity contribution in [3.05, 3.63) is 65.2 Å². The van der Waals surface area contributed by atoms with Crippen molar-refractivity contribution in [2.45, 2.75) is 39.1 Å². The largest absolute Gasteiger partial charge is 0.370 e. The Morgan fingerprint density at radius 1 is 1.08 bits per heavy atom. The van der Waals surface area contributed by atoms with Crippen molar-refractivity contribution >= 4 is 21.7 Å². The normalized spacial score (nSPS) is 12.4. The Morgan fingerprint density at radius 3 is 2.31 bits per heavy atom. The lowest BCUT2D eigenvalue weighted by molar-refractivity contribution is 0.569. The van der Waals surface area contributed by atoms with Gasteiger partial charge >= 0.3 is 0 Å². The Kier molecular flexibility index (Phi) is 6.76. The van der Waals surface area contributed by atoms with E-state index in [0.717, 1.165) is 16.8 Å². The first-order valence-corrected chi connectivity index (χ1v) is 10.1. The molecule has 0 radical (unpaired) electrons. The van der Waals surface area contributed by atoms with Gasteiger partial charge in [-0.15, -0.1) is 0 Å². The van der Waals surface area contributed by atoms with E-state index in [1.807, 2.05) is 49.4 Å². The number of hydrogen-bond donors (Lipinski definition) is 3. The molecule has 6 nitrogen and oxygen atoms in total. The number of nitrogens with zero attached hydrogens (tertiary/aromatic N) is 1. The molecule has 140 valence electrons. The number of sulfonamides is 1. The molecular weight excluding hydrogens is 348 g/mol. The Labute approximate surface area is 155 Å². The van der Waals surface area contributed by atoms with Gasteiger partial charge < -0.3 is 11.1 Å². The van der Waals surface area contributed by atoms with Crippen molar-refractivity contribution < 1.29 is 8.42 Å². The van der Waals surface area contributed by atoms with Gasteiger partial charge in [-0.3, -0.25) is 0 Å². The fourth-order valence-corrected chi connectivity index (χ4v) is 3.95. The minimum atomic E-state index is -3.39. The molecule has 7 heteroatoms. The average Bonchev–Trinajstić information content (AvgIpc) is 2.54. The van der Waals surface area contributed by atoms with E-state index in [2.05, 4.69) is 15.0 Å². The molecule has 4 N–H and O–H groups in total. The molecule has 26 heavy (non-hydrogen) atoms. The number of hydrogen-bond acceptors (Lipinski definition) is 3. The second-order valence-electron chi connectivity index (χ2n) is 6.49. The molecule has 0 fully saturated rings. The molecule has 0 aromatic heterocycles. The maximum Gasteiger partial charge on any atom is 0.216 e. The van der Waals surface area contributed by atoms with Crippen molar-refractivity contribution in [2.24, 2.45) is 10.7 Å². The maximum atomic E-state index is 12.2. The van der Waals surface area contributed by atoms with Gasteiger partial charge in [0.15, 0.2) is 5.96 Å². The molecular formula is C19H26N4O2S. The zero-order chi connectivity index (χ0) is 19.2. The standard InChI is InChI=1S/C19H26N4O2S/c1-14(2)23-26(24,25)13-17-7-5-4-6-16(17)12-21-19(20)22-18-10-8-15(3)9-11-18/h4-11,14,23H,12-13H2,1-3H3,(H3,20,21,22). The van der Waals surface area contributed by atoms with Crippen molar-refractivity contribution in [1.82, 2.24) is 4.72 Å². The van der Waals surface area contributed by atoms with Crippen LogP contribution in [-0.4, -0.2) is 20.4 Å². The summed E-state index contributed by atoms with van der Waals surface area (Å²) in [4.78, 5) is 4.33. The Balaban J connectivity index is 2.08. The van der Waals surface area contributed by atoms with Crippen LogP contribution >= 0.6 is 0 Å². The summed E-state index contributed by atoms with van der Waals surface area (Å²) in [6, 6.07) is 15.0. The quantitative estimate of drug-likeness (QED) is 0.513. The van der Waals surface area contributed by atoms with Gasteiger partial charge in [0, 0.05) is 11.7 Å². The number of aryl methyl sites for hydroxylation is 1. The highest BCUT2D eigenvalue weighted by Crippen LogP contribution is 2.14. The predicted octanol–water partition coefficient (Wildman–Crippen LogP) is 2.75. The average molecular weight is 375 g/mol. The molecule has 0 aliphatic carbocycles. The lowest BCUT2D eigenvalue weighted by Crippen LogP contribution is -2.31. The van der Waals surface area contributed by atoms with E-state index in [1.165, 1.54) is 0 Å². The highest BCUT2D eigenvalue weighted by Gasteiger charge is 2.15. The lowest BCUT2D eigenvalue weighted by atomic mass is 10.1. The van der Waals surface area contributed by atoms with Crippen molar-refractivity contribution in [3.8, 4) is 0 Å². The van der Waals surface area contributed by atoms with E-state index in [-0.39, 0.29) is 17.8 Å². The molecule has 0 spiro atoms. The third-order valence-electron chi connectivity index (χ3n) is 3.62. The number of nitrogens with two attached hydrogens (primary N) is 1. The van der Waals surface area contributed by atoms with Gasteiger partial charge in [0.25, 0.3) is 0 Å². The van der Waals surface area contributed by atoms with E-state index in [4.69, 9.17) is 5.73 Å². The topological polar surface area (TPSA) is 96.6 Å². The summed E-state index contributed by atoms with van der Waals surface area (Å²) in [7, 11) is -3.39. The van der Waals surface area contributed by atoms with Crippen molar-refractivity contribution in [1.29, 1.82) is 0 Å². The van der Waals surface area contributed by atoms with Crippen LogP contribution in [-0.2, 0) is 22.3 Å². The molecule has 0 saturated carbocycles. The van der Waals surface area contributed by atoms with Gasteiger partial charge in [0.05, 0.1) is 12.3 Å². The Morgan fingerprint density at radius 2 is 1.69 bits per heavy atom. The SMILES string of the molecule is Cc1ccc(NC(N)=NCc2ccccc2CS(=O)(=O)NC(C)C)cc1. The van der Waals surface area contributed by atoms with Crippen molar-refractivity contribution in [3.63, 3.8) is 0 Å². The molecule has 0 heterocycles. The molecule has 2 rings (SSSR count). The van der Waals surface area contributed by atoms with Crippen LogP contribution in [0.1, 0.15) is 30.5 Å². The van der Waals surface area contributed by atoms with Crippen LogP contribution in [0.2, 0.25) is 0 Å². The van der Waals surface area contributed by atoms with Crippen LogP contribution in [0.5, 0.6) is 0 Å². The van der Waals surface area contributed by atoms with E-state index >= 15 is 0 Å². The van der Waals surface area contributed by atoms with Crippen LogP contribution in [0.25, 0.3) is 0 Å². The van der Waals surface area contributed by atoms with Gasteiger partial charge in [-0.25, -0.2) is 18.1 Å². The number of rotatable bonds is 7. The number of anilines is 1. The highest BCUT2D eigenvalue weighted by atomic mass is 32.2. The molecule has 0 unspecified atom stereocenters. The summed E-state index contributed by atoms with van der Waals surface area (Å²) >= 11 is 0. The summed E-state index contributed by atoms with van der Waals surface area (Å²) in [6.07, 6.45) is 0. The van der Waals surface area contributed by atoms with Gasteiger partial charge in [-0.05, 0) is 44.0 Å². The summed E-state index contributed by atoms with van der Waals surface area (Å²) in [5.41, 5.74) is 9.51. The van der Waals surface area contributed by atoms with Gasteiger partial charge in [0.2, 0.25) is 10.0 Å². The number of aliphatic imine (C=N–C) groups is 1. The van der Waals surface area contributed by atoms with Crippen LogP contribution in [0.4, 0.5) is 5.69 Å². The van der Waals surface area contributed by atoms with Gasteiger partial charge in [0.1, 0.15) is 0 Å². The molecule has 0 atom stereocenters. The van der Waals surface area contributed by atoms with E-state index in [1.54, 1.807) is 19.9 Å². The number of benzene rings is 2. The van der Waals surface area contributed by atoms with Crippen molar-refractivity contribution in [2.75, 3.05) is 5.32 Å². The van der Waals surface area contributed by atoms with Gasteiger partial charge in [-0.2, -0.15) is 0 Å². The second-order valence-corrected chi connectivity index (χ2v) is 8.25.